The van der Waals surface area contributed by atoms with Crippen LogP contribution in [0.15, 0.2) is 54.6 Å². The first kappa shape index (κ1) is 11.2. The van der Waals surface area contributed by atoms with Crippen LogP contribution in [0.1, 0.15) is 5.69 Å². The topological polar surface area (TPSA) is 12.9 Å². The van der Waals surface area contributed by atoms with E-state index in [4.69, 9.17) is 11.6 Å². The number of aryl methyl sites for hydroxylation is 1. The summed E-state index contributed by atoms with van der Waals surface area (Å²) < 4.78 is 0. The van der Waals surface area contributed by atoms with Crippen molar-refractivity contribution in [2.45, 2.75) is 6.92 Å². The molecule has 0 N–H and O–H groups in total. The molecule has 0 unspecified atom stereocenters. The fourth-order valence-corrected chi connectivity index (χ4v) is 2.27. The summed E-state index contributed by atoms with van der Waals surface area (Å²) in [5, 5.41) is 3.17. The Bertz CT molecular complexity index is 702. The third-order valence-electron chi connectivity index (χ3n) is 3.07. The van der Waals surface area contributed by atoms with E-state index in [1.165, 1.54) is 10.8 Å². The number of hydrogen-bond acceptors (Lipinski definition) is 1. The lowest BCUT2D eigenvalue weighted by Crippen LogP contribution is -1.89. The summed E-state index contributed by atoms with van der Waals surface area (Å²) >= 11 is 5.91. The van der Waals surface area contributed by atoms with Crippen LogP contribution in [0.2, 0.25) is 5.02 Å². The van der Waals surface area contributed by atoms with Crippen molar-refractivity contribution in [3.05, 3.63) is 65.3 Å². The molecule has 88 valence electrons. The minimum Gasteiger partial charge on any atom is -0.252 e. The van der Waals surface area contributed by atoms with E-state index in [0.717, 1.165) is 22.0 Å². The number of halogens is 1. The Labute approximate surface area is 111 Å². The fourth-order valence-electron chi connectivity index (χ4n) is 2.14. The van der Waals surface area contributed by atoms with Gasteiger partial charge in [-0.2, -0.15) is 0 Å². The lowest BCUT2D eigenvalue weighted by atomic mass is 10.1. The van der Waals surface area contributed by atoms with Gasteiger partial charge in [0.2, 0.25) is 0 Å². The van der Waals surface area contributed by atoms with E-state index in [-0.39, 0.29) is 0 Å². The molecule has 1 heterocycles. The number of aromatic nitrogens is 1. The maximum Gasteiger partial charge on any atom is 0.0711 e. The van der Waals surface area contributed by atoms with Crippen molar-refractivity contribution in [3.8, 4) is 11.3 Å². The largest absolute Gasteiger partial charge is 0.252 e. The van der Waals surface area contributed by atoms with E-state index in [0.29, 0.717) is 0 Å². The van der Waals surface area contributed by atoms with Crippen LogP contribution in [0, 0.1) is 6.92 Å². The number of hydrogen-bond donors (Lipinski definition) is 0. The molecule has 0 saturated heterocycles. The van der Waals surface area contributed by atoms with E-state index in [1.807, 2.05) is 43.3 Å². The maximum atomic E-state index is 5.91. The SMILES string of the molecule is Cc1nc(-c2ccc(Cl)cc2)cc2ccccc12. The quantitative estimate of drug-likeness (QED) is 0.603. The van der Waals surface area contributed by atoms with E-state index in [2.05, 4.69) is 23.2 Å². The zero-order chi connectivity index (χ0) is 12.5. The maximum absolute atomic E-state index is 5.91. The standard InChI is InChI=1S/C16H12ClN/c1-11-15-5-3-2-4-13(15)10-16(18-11)12-6-8-14(17)9-7-12/h2-10H,1H3. The van der Waals surface area contributed by atoms with Gasteiger partial charge in [-0.1, -0.05) is 48.0 Å². The molecule has 0 aliphatic rings. The average molecular weight is 254 g/mol. The summed E-state index contributed by atoms with van der Waals surface area (Å²) in [5.41, 5.74) is 3.13. The summed E-state index contributed by atoms with van der Waals surface area (Å²) in [6.45, 7) is 2.04. The van der Waals surface area contributed by atoms with Crippen molar-refractivity contribution in [1.82, 2.24) is 4.98 Å². The van der Waals surface area contributed by atoms with Crippen molar-refractivity contribution in [3.63, 3.8) is 0 Å². The summed E-state index contributed by atoms with van der Waals surface area (Å²) in [6.07, 6.45) is 0. The summed E-state index contributed by atoms with van der Waals surface area (Å²) in [4.78, 5) is 4.66. The van der Waals surface area contributed by atoms with Crippen molar-refractivity contribution in [2.24, 2.45) is 0 Å². The van der Waals surface area contributed by atoms with Gasteiger partial charge in [0, 0.05) is 21.7 Å². The van der Waals surface area contributed by atoms with Gasteiger partial charge in [-0.15, -0.1) is 0 Å². The van der Waals surface area contributed by atoms with Crippen LogP contribution in [0.25, 0.3) is 22.0 Å². The van der Waals surface area contributed by atoms with E-state index >= 15 is 0 Å². The third kappa shape index (κ3) is 1.98. The second-order valence-electron chi connectivity index (χ2n) is 4.32. The summed E-state index contributed by atoms with van der Waals surface area (Å²) in [5.74, 6) is 0. The number of fused-ring (bicyclic) bond motifs is 1. The van der Waals surface area contributed by atoms with Gasteiger partial charge in [-0.05, 0) is 30.5 Å². The Hall–Kier alpha value is -1.86. The van der Waals surface area contributed by atoms with E-state index in [1.54, 1.807) is 0 Å². The van der Waals surface area contributed by atoms with Gasteiger partial charge in [0.25, 0.3) is 0 Å². The molecule has 0 fully saturated rings. The first-order valence-electron chi connectivity index (χ1n) is 5.86. The van der Waals surface area contributed by atoms with Crippen molar-refractivity contribution < 1.29 is 0 Å². The molecule has 1 nitrogen and oxygen atoms in total. The zero-order valence-corrected chi connectivity index (χ0v) is 10.8. The van der Waals surface area contributed by atoms with E-state index < -0.39 is 0 Å². The molecule has 3 aromatic rings. The van der Waals surface area contributed by atoms with Crippen LogP contribution in [-0.2, 0) is 0 Å². The van der Waals surface area contributed by atoms with Crippen LogP contribution in [-0.4, -0.2) is 4.98 Å². The molecule has 0 atom stereocenters. The van der Waals surface area contributed by atoms with Crippen LogP contribution in [0.3, 0.4) is 0 Å². The second kappa shape index (κ2) is 4.43. The lowest BCUT2D eigenvalue weighted by Gasteiger charge is -2.06. The number of benzene rings is 2. The van der Waals surface area contributed by atoms with Crippen molar-refractivity contribution >= 4 is 22.4 Å². The van der Waals surface area contributed by atoms with Gasteiger partial charge < -0.3 is 0 Å². The summed E-state index contributed by atoms with van der Waals surface area (Å²) in [7, 11) is 0. The average Bonchev–Trinajstić information content (AvgIpc) is 2.39. The number of pyridine rings is 1. The zero-order valence-electron chi connectivity index (χ0n) is 10.0. The lowest BCUT2D eigenvalue weighted by molar-refractivity contribution is 1.24. The minimum absolute atomic E-state index is 0.747. The highest BCUT2D eigenvalue weighted by atomic mass is 35.5. The van der Waals surface area contributed by atoms with E-state index in [9.17, 15) is 0 Å². The molecule has 1 aromatic heterocycles. The smallest absolute Gasteiger partial charge is 0.0711 e. The molecule has 0 aliphatic carbocycles. The molecule has 3 rings (SSSR count). The fraction of sp³-hybridized carbons (Fsp3) is 0.0625. The highest BCUT2D eigenvalue weighted by Crippen LogP contribution is 2.25. The van der Waals surface area contributed by atoms with Crippen LogP contribution in [0.5, 0.6) is 0 Å². The van der Waals surface area contributed by atoms with Gasteiger partial charge in [0.05, 0.1) is 5.69 Å². The van der Waals surface area contributed by atoms with Gasteiger partial charge in [-0.3, -0.25) is 4.98 Å². The van der Waals surface area contributed by atoms with Crippen molar-refractivity contribution in [2.75, 3.05) is 0 Å². The first-order chi connectivity index (χ1) is 8.74. The Balaban J connectivity index is 2.21. The minimum atomic E-state index is 0.747. The predicted molar refractivity (Wildman–Crippen MR) is 76.9 cm³/mol. The van der Waals surface area contributed by atoms with Gasteiger partial charge in [-0.25, -0.2) is 0 Å². The predicted octanol–water partition coefficient (Wildman–Crippen LogP) is 4.86. The van der Waals surface area contributed by atoms with Crippen LogP contribution >= 0.6 is 11.6 Å². The van der Waals surface area contributed by atoms with Crippen LogP contribution in [0.4, 0.5) is 0 Å². The monoisotopic (exact) mass is 253 g/mol. The highest BCUT2D eigenvalue weighted by molar-refractivity contribution is 6.30. The molecule has 0 radical (unpaired) electrons. The molecule has 0 spiro atoms. The molecule has 18 heavy (non-hydrogen) atoms. The molecule has 2 aromatic carbocycles. The second-order valence-corrected chi connectivity index (χ2v) is 4.76. The van der Waals surface area contributed by atoms with Crippen LogP contribution < -0.4 is 0 Å². The molecular formula is C16H12ClN. The Kier molecular flexibility index (Phi) is 2.77. The number of rotatable bonds is 1. The Morgan fingerprint density at radius 3 is 2.44 bits per heavy atom. The summed E-state index contributed by atoms with van der Waals surface area (Å²) in [6, 6.07) is 18.2. The molecule has 2 heteroatoms. The Morgan fingerprint density at radius 2 is 1.67 bits per heavy atom. The Morgan fingerprint density at radius 1 is 0.944 bits per heavy atom. The molecule has 0 aliphatic heterocycles. The number of nitrogens with zero attached hydrogens (tertiary/aromatic N) is 1. The third-order valence-corrected chi connectivity index (χ3v) is 3.32. The van der Waals surface area contributed by atoms with Crippen molar-refractivity contribution in [1.29, 1.82) is 0 Å². The highest BCUT2D eigenvalue weighted by Gasteiger charge is 2.04. The van der Waals surface area contributed by atoms with Gasteiger partial charge in [0.15, 0.2) is 0 Å². The van der Waals surface area contributed by atoms with Gasteiger partial charge >= 0.3 is 0 Å². The molecule has 0 saturated carbocycles. The molecule has 0 amide bonds. The first-order valence-corrected chi connectivity index (χ1v) is 6.24. The normalized spacial score (nSPS) is 10.8. The molecular weight excluding hydrogens is 242 g/mol. The molecule has 0 bridgehead atoms. The van der Waals surface area contributed by atoms with Gasteiger partial charge in [0.1, 0.15) is 0 Å².